The highest BCUT2D eigenvalue weighted by molar-refractivity contribution is 5.97. The van der Waals surface area contributed by atoms with E-state index in [-0.39, 0.29) is 31.3 Å². The van der Waals surface area contributed by atoms with Crippen LogP contribution in [-0.2, 0) is 16.1 Å². The molecule has 0 aromatic heterocycles. The molecule has 1 amide bonds. The molecule has 0 aliphatic rings. The van der Waals surface area contributed by atoms with Gasteiger partial charge in [0.15, 0.2) is 5.78 Å². The van der Waals surface area contributed by atoms with E-state index in [0.717, 1.165) is 27.8 Å². The van der Waals surface area contributed by atoms with Crippen molar-refractivity contribution in [2.45, 2.75) is 47.6 Å². The van der Waals surface area contributed by atoms with E-state index in [2.05, 4.69) is 5.32 Å². The first-order valence-corrected chi connectivity index (χ1v) is 9.32. The molecule has 148 valence electrons. The molecule has 1 N–H and O–H groups in total. The lowest BCUT2D eigenvalue weighted by atomic mass is 9.92. The molecule has 5 nitrogen and oxygen atoms in total. The zero-order valence-electron chi connectivity index (χ0n) is 17.1. The van der Waals surface area contributed by atoms with Gasteiger partial charge in [-0.3, -0.25) is 14.4 Å². The van der Waals surface area contributed by atoms with E-state index >= 15 is 0 Å². The Bertz CT molecular complexity index is 915. The molecule has 2 aromatic rings. The topological polar surface area (TPSA) is 72.5 Å². The van der Waals surface area contributed by atoms with E-state index in [4.69, 9.17) is 4.74 Å². The first-order valence-electron chi connectivity index (χ1n) is 9.32. The fraction of sp³-hybridized carbons (Fsp3) is 0.348. The zero-order valence-corrected chi connectivity index (χ0v) is 17.1. The van der Waals surface area contributed by atoms with Gasteiger partial charge in [-0.15, -0.1) is 0 Å². The quantitative estimate of drug-likeness (QED) is 0.581. The number of Topliss-reactive ketones (excluding diaryl/α,β-unsaturated/α-hetero) is 1. The lowest BCUT2D eigenvalue weighted by Crippen LogP contribution is -2.27. The Balaban J connectivity index is 1.91. The minimum Gasteiger partial charge on any atom is -0.461 e. The van der Waals surface area contributed by atoms with Gasteiger partial charge in [0.1, 0.15) is 6.61 Å². The lowest BCUT2D eigenvalue weighted by molar-refractivity contribution is -0.144. The molecule has 0 spiro atoms. The zero-order chi connectivity index (χ0) is 20.8. The number of benzene rings is 2. The Morgan fingerprint density at radius 2 is 1.64 bits per heavy atom. The summed E-state index contributed by atoms with van der Waals surface area (Å²) in [5.74, 6) is -0.599. The fourth-order valence-corrected chi connectivity index (χ4v) is 3.42. The van der Waals surface area contributed by atoms with Crippen molar-refractivity contribution in [3.63, 3.8) is 0 Å². The minimum atomic E-state index is -0.395. The number of esters is 1. The molecule has 5 heteroatoms. The number of carbonyl (C=O) groups is 3. The molecule has 0 aliphatic heterocycles. The van der Waals surface area contributed by atoms with Crippen LogP contribution in [0.1, 0.15) is 61.9 Å². The third-order valence-electron chi connectivity index (χ3n) is 4.86. The predicted molar refractivity (Wildman–Crippen MR) is 109 cm³/mol. The van der Waals surface area contributed by atoms with E-state index in [1.165, 1.54) is 6.92 Å². The molecule has 0 heterocycles. The average molecular weight is 381 g/mol. The van der Waals surface area contributed by atoms with Gasteiger partial charge < -0.3 is 10.1 Å². The number of amides is 1. The van der Waals surface area contributed by atoms with Crippen LogP contribution in [-0.4, -0.2) is 24.2 Å². The second-order valence-electron chi connectivity index (χ2n) is 7.03. The van der Waals surface area contributed by atoms with E-state index < -0.39 is 5.97 Å². The molecular formula is C23H27NO4. The van der Waals surface area contributed by atoms with Crippen LogP contribution < -0.4 is 5.32 Å². The third kappa shape index (κ3) is 5.06. The number of rotatable bonds is 7. The SMILES string of the molecule is CC(=O)c1c(C)cc(C)c(COC(=O)CCNC(=O)c2ccccc2C)c1C. The minimum absolute atomic E-state index is 0.00138. The van der Waals surface area contributed by atoms with Gasteiger partial charge in [0.25, 0.3) is 5.91 Å². The van der Waals surface area contributed by atoms with Crippen molar-refractivity contribution >= 4 is 17.7 Å². The number of ketones is 1. The van der Waals surface area contributed by atoms with Gasteiger partial charge in [-0.1, -0.05) is 24.3 Å². The molecule has 0 atom stereocenters. The average Bonchev–Trinajstić information content (AvgIpc) is 2.61. The van der Waals surface area contributed by atoms with Gasteiger partial charge in [0.05, 0.1) is 6.42 Å². The first kappa shape index (κ1) is 21.4. The Hall–Kier alpha value is -2.95. The van der Waals surface area contributed by atoms with Crippen LogP contribution >= 0.6 is 0 Å². The largest absolute Gasteiger partial charge is 0.461 e. The summed E-state index contributed by atoms with van der Waals surface area (Å²) >= 11 is 0. The van der Waals surface area contributed by atoms with Gasteiger partial charge in [-0.2, -0.15) is 0 Å². The molecule has 0 bridgehead atoms. The van der Waals surface area contributed by atoms with Crippen LogP contribution in [0.4, 0.5) is 0 Å². The van der Waals surface area contributed by atoms with Gasteiger partial charge in [-0.25, -0.2) is 0 Å². The maximum atomic E-state index is 12.2. The Morgan fingerprint density at radius 1 is 0.964 bits per heavy atom. The number of carbonyl (C=O) groups excluding carboxylic acids is 3. The highest BCUT2D eigenvalue weighted by Crippen LogP contribution is 2.23. The predicted octanol–water partition coefficient (Wildman–Crippen LogP) is 3.99. The highest BCUT2D eigenvalue weighted by Gasteiger charge is 2.16. The smallest absolute Gasteiger partial charge is 0.307 e. The van der Waals surface area contributed by atoms with Crippen molar-refractivity contribution in [1.29, 1.82) is 0 Å². The fourth-order valence-electron chi connectivity index (χ4n) is 3.42. The number of aryl methyl sites for hydroxylation is 3. The van der Waals surface area contributed by atoms with E-state index in [1.807, 2.05) is 45.9 Å². The van der Waals surface area contributed by atoms with Crippen molar-refractivity contribution in [2.24, 2.45) is 0 Å². The lowest BCUT2D eigenvalue weighted by Gasteiger charge is -2.16. The van der Waals surface area contributed by atoms with Gasteiger partial charge in [0.2, 0.25) is 0 Å². The van der Waals surface area contributed by atoms with Crippen LogP contribution in [0.5, 0.6) is 0 Å². The standard InChI is InChI=1S/C23H27NO4/c1-14-8-6-7-9-19(14)23(27)24-11-10-21(26)28-13-20-15(2)12-16(3)22(17(20)4)18(5)25/h6-9,12H,10-11,13H2,1-5H3,(H,24,27). The summed E-state index contributed by atoms with van der Waals surface area (Å²) in [5, 5.41) is 2.74. The Morgan fingerprint density at radius 3 is 2.29 bits per heavy atom. The van der Waals surface area contributed by atoms with Crippen LogP contribution in [0.3, 0.4) is 0 Å². The summed E-state index contributed by atoms with van der Waals surface area (Å²) in [5.41, 5.74) is 5.78. The summed E-state index contributed by atoms with van der Waals surface area (Å²) in [6.45, 7) is 9.45. The molecule has 0 unspecified atom stereocenters. The van der Waals surface area contributed by atoms with Crippen LogP contribution in [0.2, 0.25) is 0 Å². The van der Waals surface area contributed by atoms with Gasteiger partial charge in [0, 0.05) is 17.7 Å². The first-order chi connectivity index (χ1) is 13.2. The Kier molecular flexibility index (Phi) is 7.10. The van der Waals surface area contributed by atoms with E-state index in [9.17, 15) is 14.4 Å². The van der Waals surface area contributed by atoms with Crippen molar-refractivity contribution < 1.29 is 19.1 Å². The molecule has 28 heavy (non-hydrogen) atoms. The number of hydrogen-bond acceptors (Lipinski definition) is 4. The molecule has 2 rings (SSSR count). The van der Waals surface area contributed by atoms with Gasteiger partial charge in [-0.05, 0) is 68.5 Å². The molecule has 0 saturated heterocycles. The number of ether oxygens (including phenoxy) is 1. The van der Waals surface area contributed by atoms with Crippen molar-refractivity contribution in [2.75, 3.05) is 6.54 Å². The molecular weight excluding hydrogens is 354 g/mol. The molecule has 0 radical (unpaired) electrons. The second kappa shape index (κ2) is 9.31. The summed E-state index contributed by atoms with van der Waals surface area (Å²) in [6, 6.07) is 9.23. The molecule has 0 fully saturated rings. The molecule has 2 aromatic carbocycles. The van der Waals surface area contributed by atoms with Gasteiger partial charge >= 0.3 is 5.97 Å². The van der Waals surface area contributed by atoms with Crippen molar-refractivity contribution in [3.8, 4) is 0 Å². The Labute approximate surface area is 166 Å². The van der Waals surface area contributed by atoms with E-state index in [1.54, 1.807) is 12.1 Å². The molecule has 0 saturated carbocycles. The van der Waals surface area contributed by atoms with Crippen LogP contribution in [0, 0.1) is 27.7 Å². The third-order valence-corrected chi connectivity index (χ3v) is 4.86. The normalized spacial score (nSPS) is 10.5. The maximum absolute atomic E-state index is 12.2. The van der Waals surface area contributed by atoms with Crippen LogP contribution in [0.25, 0.3) is 0 Å². The number of nitrogens with one attached hydrogen (secondary N) is 1. The molecule has 0 aliphatic carbocycles. The summed E-state index contributed by atoms with van der Waals surface area (Å²) < 4.78 is 5.37. The summed E-state index contributed by atoms with van der Waals surface area (Å²) in [4.78, 5) is 36.1. The summed E-state index contributed by atoms with van der Waals surface area (Å²) in [7, 11) is 0. The van der Waals surface area contributed by atoms with Crippen molar-refractivity contribution in [1.82, 2.24) is 5.32 Å². The summed E-state index contributed by atoms with van der Waals surface area (Å²) in [6.07, 6.45) is 0.0845. The monoisotopic (exact) mass is 381 g/mol. The second-order valence-corrected chi connectivity index (χ2v) is 7.03. The van der Waals surface area contributed by atoms with Crippen LogP contribution in [0.15, 0.2) is 30.3 Å². The van der Waals surface area contributed by atoms with Crippen molar-refractivity contribution in [3.05, 3.63) is 69.3 Å². The van der Waals surface area contributed by atoms with E-state index in [0.29, 0.717) is 11.1 Å². The maximum Gasteiger partial charge on any atom is 0.307 e. The highest BCUT2D eigenvalue weighted by atomic mass is 16.5. The number of hydrogen-bond donors (Lipinski definition) is 1.